The predicted molar refractivity (Wildman–Crippen MR) is 106 cm³/mol. The number of nitrogens with zero attached hydrogens (tertiary/aromatic N) is 2. The van der Waals surface area contributed by atoms with Crippen LogP contribution < -0.4 is 4.90 Å². The van der Waals surface area contributed by atoms with Crippen molar-refractivity contribution in [2.45, 2.75) is 38.3 Å². The fourth-order valence-corrected chi connectivity index (χ4v) is 4.45. The van der Waals surface area contributed by atoms with E-state index in [1.807, 2.05) is 40.6 Å². The molecule has 0 aliphatic carbocycles. The van der Waals surface area contributed by atoms with Crippen molar-refractivity contribution in [2.75, 3.05) is 24.6 Å². The zero-order valence-corrected chi connectivity index (χ0v) is 16.1. The van der Waals surface area contributed by atoms with Crippen LogP contribution in [-0.2, 0) is 16.1 Å². The SMILES string of the molecule is O=C(c1ccc(N2CCCC2=O)cc1)N(Cc1cccs1)CC1CCCO1. The summed E-state index contributed by atoms with van der Waals surface area (Å²) < 4.78 is 5.75. The third-order valence-corrected chi connectivity index (χ3v) is 6.02. The van der Waals surface area contributed by atoms with Gasteiger partial charge in [0.1, 0.15) is 0 Å². The van der Waals surface area contributed by atoms with Gasteiger partial charge in [0.25, 0.3) is 5.91 Å². The van der Waals surface area contributed by atoms with E-state index in [9.17, 15) is 9.59 Å². The van der Waals surface area contributed by atoms with Crippen LogP contribution in [0.2, 0.25) is 0 Å². The molecule has 1 aromatic carbocycles. The highest BCUT2D eigenvalue weighted by molar-refractivity contribution is 7.09. The molecule has 2 amide bonds. The molecular formula is C21H24N2O3S. The Morgan fingerprint density at radius 2 is 2.07 bits per heavy atom. The van der Waals surface area contributed by atoms with Gasteiger partial charge in [0.2, 0.25) is 5.91 Å². The topological polar surface area (TPSA) is 49.9 Å². The number of benzene rings is 1. The first-order valence-corrected chi connectivity index (χ1v) is 10.4. The largest absolute Gasteiger partial charge is 0.376 e. The summed E-state index contributed by atoms with van der Waals surface area (Å²) in [6.07, 6.45) is 3.69. The van der Waals surface area contributed by atoms with Crippen LogP contribution in [-0.4, -0.2) is 42.5 Å². The first kappa shape index (κ1) is 18.2. The number of anilines is 1. The molecule has 0 bridgehead atoms. The number of hydrogen-bond donors (Lipinski definition) is 0. The highest BCUT2D eigenvalue weighted by Crippen LogP contribution is 2.23. The maximum Gasteiger partial charge on any atom is 0.254 e. The lowest BCUT2D eigenvalue weighted by Crippen LogP contribution is -2.36. The van der Waals surface area contributed by atoms with Crippen LogP contribution in [0.4, 0.5) is 5.69 Å². The second-order valence-electron chi connectivity index (χ2n) is 7.10. The van der Waals surface area contributed by atoms with Gasteiger partial charge in [-0.05, 0) is 55.0 Å². The first-order valence-electron chi connectivity index (χ1n) is 9.54. The minimum absolute atomic E-state index is 0.0122. The van der Waals surface area contributed by atoms with Crippen LogP contribution in [0.25, 0.3) is 0 Å². The predicted octanol–water partition coefficient (Wildman–Crippen LogP) is 3.70. The van der Waals surface area contributed by atoms with Gasteiger partial charge >= 0.3 is 0 Å². The average Bonchev–Trinajstić information content (AvgIpc) is 3.44. The number of amides is 2. The van der Waals surface area contributed by atoms with Gasteiger partial charge in [0.15, 0.2) is 0 Å². The Morgan fingerprint density at radius 1 is 1.22 bits per heavy atom. The molecule has 142 valence electrons. The van der Waals surface area contributed by atoms with E-state index < -0.39 is 0 Å². The van der Waals surface area contributed by atoms with E-state index in [2.05, 4.69) is 6.07 Å². The number of thiophene rings is 1. The van der Waals surface area contributed by atoms with Crippen LogP contribution in [0.1, 0.15) is 40.9 Å². The van der Waals surface area contributed by atoms with Crippen LogP contribution in [0.15, 0.2) is 41.8 Å². The third kappa shape index (κ3) is 4.22. The highest BCUT2D eigenvalue weighted by Gasteiger charge is 2.25. The van der Waals surface area contributed by atoms with Crippen LogP contribution >= 0.6 is 11.3 Å². The van der Waals surface area contributed by atoms with Crippen molar-refractivity contribution in [3.05, 3.63) is 52.2 Å². The van der Waals surface area contributed by atoms with E-state index in [1.165, 1.54) is 4.88 Å². The third-order valence-electron chi connectivity index (χ3n) is 5.16. The molecule has 3 heterocycles. The van der Waals surface area contributed by atoms with Crippen molar-refractivity contribution < 1.29 is 14.3 Å². The molecule has 2 aliphatic rings. The quantitative estimate of drug-likeness (QED) is 0.763. The van der Waals surface area contributed by atoms with Crippen molar-refractivity contribution in [3.63, 3.8) is 0 Å². The molecule has 2 aliphatic heterocycles. The number of ether oxygens (including phenoxy) is 1. The van der Waals surface area contributed by atoms with Gasteiger partial charge in [-0.15, -0.1) is 11.3 Å². The Labute approximate surface area is 163 Å². The summed E-state index contributed by atoms with van der Waals surface area (Å²) in [6.45, 7) is 2.76. The minimum Gasteiger partial charge on any atom is -0.376 e. The molecular weight excluding hydrogens is 360 g/mol. The molecule has 0 N–H and O–H groups in total. The molecule has 2 aromatic rings. The molecule has 5 nitrogen and oxygen atoms in total. The molecule has 0 spiro atoms. The summed E-state index contributed by atoms with van der Waals surface area (Å²) in [5, 5.41) is 2.03. The number of rotatable bonds is 6. The van der Waals surface area contributed by atoms with Crippen molar-refractivity contribution in [1.29, 1.82) is 0 Å². The number of hydrogen-bond acceptors (Lipinski definition) is 4. The molecule has 6 heteroatoms. The molecule has 4 rings (SSSR count). The molecule has 0 radical (unpaired) electrons. The second-order valence-corrected chi connectivity index (χ2v) is 8.13. The van der Waals surface area contributed by atoms with Gasteiger partial charge in [0.05, 0.1) is 12.6 Å². The van der Waals surface area contributed by atoms with Gasteiger partial charge in [0, 0.05) is 42.2 Å². The number of carbonyl (C=O) groups is 2. The fraction of sp³-hybridized carbons (Fsp3) is 0.429. The van der Waals surface area contributed by atoms with Gasteiger partial charge in [-0.3, -0.25) is 9.59 Å². The second kappa shape index (κ2) is 8.23. The lowest BCUT2D eigenvalue weighted by molar-refractivity contribution is -0.117. The first-order chi connectivity index (χ1) is 13.2. The lowest BCUT2D eigenvalue weighted by atomic mass is 10.1. The Balaban J connectivity index is 1.50. The van der Waals surface area contributed by atoms with Crippen LogP contribution in [0.3, 0.4) is 0 Å². The minimum atomic E-state index is 0.0122. The van der Waals surface area contributed by atoms with Crippen molar-refractivity contribution in [1.82, 2.24) is 4.90 Å². The molecule has 1 unspecified atom stereocenters. The molecule has 1 atom stereocenters. The Morgan fingerprint density at radius 3 is 2.70 bits per heavy atom. The lowest BCUT2D eigenvalue weighted by Gasteiger charge is -2.25. The van der Waals surface area contributed by atoms with Crippen LogP contribution in [0.5, 0.6) is 0 Å². The average molecular weight is 385 g/mol. The standard InChI is InChI=1S/C21H24N2O3S/c24-20-6-1-11-23(20)17-9-7-16(8-10-17)21(25)22(14-18-4-2-12-26-18)15-19-5-3-13-27-19/h3,5,7-10,13,18H,1-2,4,6,11-12,14-15H2. The molecule has 2 saturated heterocycles. The van der Waals surface area contributed by atoms with Crippen molar-refractivity contribution >= 4 is 28.8 Å². The molecule has 0 saturated carbocycles. The summed E-state index contributed by atoms with van der Waals surface area (Å²) in [5.41, 5.74) is 1.53. The van der Waals surface area contributed by atoms with E-state index in [0.717, 1.165) is 38.1 Å². The monoisotopic (exact) mass is 384 g/mol. The normalized spacial score (nSPS) is 19.6. The summed E-state index contributed by atoms with van der Waals surface area (Å²) in [6, 6.07) is 11.5. The Bertz CT molecular complexity index is 782. The zero-order valence-electron chi connectivity index (χ0n) is 15.3. The smallest absolute Gasteiger partial charge is 0.254 e. The maximum absolute atomic E-state index is 13.2. The van der Waals surface area contributed by atoms with E-state index in [-0.39, 0.29) is 17.9 Å². The van der Waals surface area contributed by atoms with Crippen molar-refractivity contribution in [2.24, 2.45) is 0 Å². The van der Waals surface area contributed by atoms with E-state index in [0.29, 0.717) is 25.1 Å². The summed E-state index contributed by atoms with van der Waals surface area (Å²) in [4.78, 5) is 29.9. The summed E-state index contributed by atoms with van der Waals surface area (Å²) in [7, 11) is 0. The summed E-state index contributed by atoms with van der Waals surface area (Å²) >= 11 is 1.66. The van der Waals surface area contributed by atoms with E-state index >= 15 is 0 Å². The van der Waals surface area contributed by atoms with Gasteiger partial charge < -0.3 is 14.5 Å². The maximum atomic E-state index is 13.2. The van der Waals surface area contributed by atoms with Gasteiger partial charge in [-0.1, -0.05) is 6.07 Å². The van der Waals surface area contributed by atoms with E-state index in [4.69, 9.17) is 4.74 Å². The Kier molecular flexibility index (Phi) is 5.55. The summed E-state index contributed by atoms with van der Waals surface area (Å²) in [5.74, 6) is 0.171. The molecule has 1 aromatic heterocycles. The zero-order chi connectivity index (χ0) is 18.6. The van der Waals surface area contributed by atoms with Crippen LogP contribution in [0, 0.1) is 0 Å². The van der Waals surface area contributed by atoms with E-state index in [1.54, 1.807) is 16.2 Å². The fourth-order valence-electron chi connectivity index (χ4n) is 3.73. The number of carbonyl (C=O) groups excluding carboxylic acids is 2. The Hall–Kier alpha value is -2.18. The van der Waals surface area contributed by atoms with Gasteiger partial charge in [-0.2, -0.15) is 0 Å². The van der Waals surface area contributed by atoms with Crippen molar-refractivity contribution in [3.8, 4) is 0 Å². The highest BCUT2D eigenvalue weighted by atomic mass is 32.1. The molecule has 2 fully saturated rings. The van der Waals surface area contributed by atoms with Gasteiger partial charge in [-0.25, -0.2) is 0 Å². The molecule has 27 heavy (non-hydrogen) atoms.